The van der Waals surface area contributed by atoms with Gasteiger partial charge >= 0.3 is 0 Å². The van der Waals surface area contributed by atoms with E-state index in [1.165, 1.54) is 0 Å². The molecule has 110 valence electrons. The van der Waals surface area contributed by atoms with Crippen molar-refractivity contribution in [1.82, 2.24) is 25.0 Å². The lowest BCUT2D eigenvalue weighted by atomic mass is 10.2. The largest absolute Gasteiger partial charge is 0.467 e. The van der Waals surface area contributed by atoms with E-state index < -0.39 is 0 Å². The van der Waals surface area contributed by atoms with Gasteiger partial charge in [-0.25, -0.2) is 4.98 Å². The van der Waals surface area contributed by atoms with Crippen molar-refractivity contribution in [1.29, 1.82) is 0 Å². The monoisotopic (exact) mass is 287 g/mol. The summed E-state index contributed by atoms with van der Waals surface area (Å²) in [4.78, 5) is 8.58. The SMILES string of the molecule is Cc1nc(CCNC(c2ccco2)c2nccn2C)no1. The highest BCUT2D eigenvalue weighted by Crippen LogP contribution is 2.20. The molecule has 0 fully saturated rings. The molecule has 0 saturated carbocycles. The van der Waals surface area contributed by atoms with Crippen molar-refractivity contribution >= 4 is 0 Å². The van der Waals surface area contributed by atoms with Gasteiger partial charge in [0.2, 0.25) is 5.89 Å². The third-order valence-electron chi connectivity index (χ3n) is 3.21. The molecule has 0 aliphatic rings. The molecule has 1 atom stereocenters. The van der Waals surface area contributed by atoms with Crippen LogP contribution in [0.3, 0.4) is 0 Å². The van der Waals surface area contributed by atoms with Gasteiger partial charge in [-0.2, -0.15) is 4.98 Å². The second-order valence-corrected chi connectivity index (χ2v) is 4.78. The van der Waals surface area contributed by atoms with Gasteiger partial charge < -0.3 is 18.8 Å². The van der Waals surface area contributed by atoms with Crippen LogP contribution < -0.4 is 5.32 Å². The van der Waals surface area contributed by atoms with E-state index in [2.05, 4.69) is 20.4 Å². The van der Waals surface area contributed by atoms with Crippen molar-refractivity contribution < 1.29 is 8.94 Å². The van der Waals surface area contributed by atoms with Crippen molar-refractivity contribution in [3.8, 4) is 0 Å². The predicted octanol–water partition coefficient (Wildman–Crippen LogP) is 1.63. The summed E-state index contributed by atoms with van der Waals surface area (Å²) < 4.78 is 12.4. The minimum absolute atomic E-state index is 0.104. The highest BCUT2D eigenvalue weighted by atomic mass is 16.5. The predicted molar refractivity (Wildman–Crippen MR) is 74.5 cm³/mol. The Balaban J connectivity index is 1.70. The molecule has 3 rings (SSSR count). The Labute approximate surface area is 122 Å². The van der Waals surface area contributed by atoms with Gasteiger partial charge in [0.25, 0.3) is 0 Å². The lowest BCUT2D eigenvalue weighted by Gasteiger charge is -2.16. The first-order valence-electron chi connectivity index (χ1n) is 6.77. The Morgan fingerprint density at radius 3 is 2.95 bits per heavy atom. The third kappa shape index (κ3) is 3.03. The van der Waals surface area contributed by atoms with Crippen molar-refractivity contribution in [2.24, 2.45) is 7.05 Å². The minimum atomic E-state index is -0.104. The number of aromatic nitrogens is 4. The molecule has 7 heteroatoms. The van der Waals surface area contributed by atoms with Gasteiger partial charge in [0, 0.05) is 39.3 Å². The van der Waals surface area contributed by atoms with Crippen LogP contribution in [0.2, 0.25) is 0 Å². The smallest absolute Gasteiger partial charge is 0.223 e. The Kier molecular flexibility index (Phi) is 3.83. The topological polar surface area (TPSA) is 81.9 Å². The molecular formula is C14H17N5O2. The van der Waals surface area contributed by atoms with Crippen LogP contribution in [0, 0.1) is 6.92 Å². The van der Waals surface area contributed by atoms with Crippen LogP contribution in [0.25, 0.3) is 0 Å². The molecule has 0 aromatic carbocycles. The Bertz CT molecular complexity index is 686. The maximum atomic E-state index is 5.52. The molecule has 0 aliphatic heterocycles. The summed E-state index contributed by atoms with van der Waals surface area (Å²) >= 11 is 0. The number of hydrogen-bond donors (Lipinski definition) is 1. The Hall–Kier alpha value is -2.41. The van der Waals surface area contributed by atoms with E-state index >= 15 is 0 Å². The number of furan rings is 1. The molecule has 21 heavy (non-hydrogen) atoms. The molecular weight excluding hydrogens is 270 g/mol. The zero-order chi connectivity index (χ0) is 14.7. The quantitative estimate of drug-likeness (QED) is 0.742. The zero-order valence-electron chi connectivity index (χ0n) is 12.0. The van der Waals surface area contributed by atoms with Crippen LogP contribution in [-0.4, -0.2) is 26.2 Å². The molecule has 7 nitrogen and oxygen atoms in total. The highest BCUT2D eigenvalue weighted by Gasteiger charge is 2.20. The first-order chi connectivity index (χ1) is 10.2. The molecule has 3 aromatic heterocycles. The minimum Gasteiger partial charge on any atom is -0.467 e. The molecule has 0 aliphatic carbocycles. The average molecular weight is 287 g/mol. The van der Waals surface area contributed by atoms with E-state index in [4.69, 9.17) is 8.94 Å². The summed E-state index contributed by atoms with van der Waals surface area (Å²) in [5, 5.41) is 7.31. The molecule has 1 N–H and O–H groups in total. The lowest BCUT2D eigenvalue weighted by Crippen LogP contribution is -2.27. The second kappa shape index (κ2) is 5.92. The molecule has 3 aromatic rings. The van der Waals surface area contributed by atoms with Gasteiger partial charge in [0.05, 0.1) is 6.26 Å². The van der Waals surface area contributed by atoms with Crippen molar-refractivity contribution in [3.05, 3.63) is 54.1 Å². The number of rotatable bonds is 6. The number of hydrogen-bond acceptors (Lipinski definition) is 6. The van der Waals surface area contributed by atoms with E-state index in [0.717, 1.165) is 11.6 Å². The number of imidazole rings is 1. The third-order valence-corrected chi connectivity index (χ3v) is 3.21. The van der Waals surface area contributed by atoms with Crippen LogP contribution >= 0.6 is 0 Å². The van der Waals surface area contributed by atoms with Crippen LogP contribution in [0.5, 0.6) is 0 Å². The summed E-state index contributed by atoms with van der Waals surface area (Å²) in [5.41, 5.74) is 0. The fraction of sp³-hybridized carbons (Fsp3) is 0.357. The molecule has 0 amide bonds. The standard InChI is InChI=1S/C14H17N5O2/c1-10-17-12(18-21-10)5-6-15-13(11-4-3-9-20-11)14-16-7-8-19(14)2/h3-4,7-9,13,15H,5-6H2,1-2H3. The van der Waals surface area contributed by atoms with Gasteiger partial charge in [-0.3, -0.25) is 0 Å². The molecule has 0 radical (unpaired) electrons. The van der Waals surface area contributed by atoms with E-state index in [1.807, 2.05) is 29.9 Å². The van der Waals surface area contributed by atoms with Gasteiger partial charge in [-0.1, -0.05) is 5.16 Å². The normalized spacial score (nSPS) is 12.7. The summed E-state index contributed by atoms with van der Waals surface area (Å²) in [6.45, 7) is 2.47. The van der Waals surface area contributed by atoms with Crippen molar-refractivity contribution in [2.75, 3.05) is 6.54 Å². The molecule has 3 heterocycles. The Morgan fingerprint density at radius 1 is 1.43 bits per heavy atom. The van der Waals surface area contributed by atoms with Crippen LogP contribution in [0.4, 0.5) is 0 Å². The number of nitrogens with one attached hydrogen (secondary N) is 1. The van der Waals surface area contributed by atoms with Crippen molar-refractivity contribution in [2.45, 2.75) is 19.4 Å². The summed E-state index contributed by atoms with van der Waals surface area (Å²) in [6.07, 6.45) is 6.03. The van der Waals surface area contributed by atoms with Crippen LogP contribution in [0.15, 0.2) is 39.7 Å². The van der Waals surface area contributed by atoms with Gasteiger partial charge in [0.1, 0.15) is 17.6 Å². The van der Waals surface area contributed by atoms with Gasteiger partial charge in [0.15, 0.2) is 5.82 Å². The first kappa shape index (κ1) is 13.6. The van der Waals surface area contributed by atoms with Crippen LogP contribution in [0.1, 0.15) is 29.3 Å². The molecule has 0 spiro atoms. The number of aryl methyl sites for hydroxylation is 2. The highest BCUT2D eigenvalue weighted by molar-refractivity contribution is 5.15. The van der Waals surface area contributed by atoms with Crippen molar-refractivity contribution in [3.63, 3.8) is 0 Å². The molecule has 0 bridgehead atoms. The molecule has 0 saturated heterocycles. The summed E-state index contributed by atoms with van der Waals surface area (Å²) in [7, 11) is 1.96. The average Bonchev–Trinajstić information content (AvgIpc) is 3.18. The summed E-state index contributed by atoms with van der Waals surface area (Å²) in [5.74, 6) is 3.00. The maximum Gasteiger partial charge on any atom is 0.223 e. The van der Waals surface area contributed by atoms with Gasteiger partial charge in [-0.15, -0.1) is 0 Å². The fourth-order valence-corrected chi connectivity index (χ4v) is 2.20. The first-order valence-corrected chi connectivity index (χ1v) is 6.77. The van der Waals surface area contributed by atoms with E-state index in [1.54, 1.807) is 19.4 Å². The summed E-state index contributed by atoms with van der Waals surface area (Å²) in [6, 6.07) is 3.70. The zero-order valence-corrected chi connectivity index (χ0v) is 12.0. The van der Waals surface area contributed by atoms with E-state index in [0.29, 0.717) is 24.7 Å². The maximum absolute atomic E-state index is 5.52. The van der Waals surface area contributed by atoms with E-state index in [9.17, 15) is 0 Å². The van der Waals surface area contributed by atoms with Gasteiger partial charge in [-0.05, 0) is 12.1 Å². The van der Waals surface area contributed by atoms with Crippen LogP contribution in [-0.2, 0) is 13.5 Å². The number of nitrogens with zero attached hydrogens (tertiary/aromatic N) is 4. The fourth-order valence-electron chi connectivity index (χ4n) is 2.20. The Morgan fingerprint density at radius 2 is 2.33 bits per heavy atom. The van der Waals surface area contributed by atoms with E-state index in [-0.39, 0.29) is 6.04 Å². The lowest BCUT2D eigenvalue weighted by molar-refractivity contribution is 0.385. The molecule has 1 unspecified atom stereocenters. The second-order valence-electron chi connectivity index (χ2n) is 4.78.